The summed E-state index contributed by atoms with van der Waals surface area (Å²) in [6, 6.07) is 0. The van der Waals surface area contributed by atoms with Crippen molar-refractivity contribution in [2.45, 2.75) is 32.1 Å². The predicted molar refractivity (Wildman–Crippen MR) is 78.7 cm³/mol. The van der Waals surface area contributed by atoms with Crippen LogP contribution in [0.1, 0.15) is 32.1 Å². The van der Waals surface area contributed by atoms with Gasteiger partial charge in [-0.2, -0.15) is 0 Å². The lowest BCUT2D eigenvalue weighted by Gasteiger charge is -2.23. The van der Waals surface area contributed by atoms with Crippen LogP contribution in [0.2, 0.25) is 0 Å². The van der Waals surface area contributed by atoms with E-state index in [1.54, 1.807) is 0 Å². The van der Waals surface area contributed by atoms with Crippen molar-refractivity contribution < 1.29 is 9.59 Å². The molecule has 2 heterocycles. The van der Waals surface area contributed by atoms with Gasteiger partial charge in [0.2, 0.25) is 11.8 Å². The van der Waals surface area contributed by atoms with Crippen molar-refractivity contribution in [3.8, 4) is 0 Å². The highest BCUT2D eigenvalue weighted by Crippen LogP contribution is 2.58. The van der Waals surface area contributed by atoms with Gasteiger partial charge in [-0.25, -0.2) is 0 Å². The van der Waals surface area contributed by atoms with Crippen LogP contribution in [0.5, 0.6) is 0 Å². The largest absolute Gasteiger partial charge is 0.347 e. The Balaban J connectivity index is 0.00000147. The van der Waals surface area contributed by atoms with Gasteiger partial charge in [0.25, 0.3) is 0 Å². The Morgan fingerprint density at radius 1 is 1.20 bits per heavy atom. The molecule has 1 unspecified atom stereocenters. The second-order valence-electron chi connectivity index (χ2n) is 6.17. The monoisotopic (exact) mass is 301 g/mol. The molecule has 3 rings (SSSR count). The van der Waals surface area contributed by atoms with E-state index in [9.17, 15) is 9.59 Å². The number of rotatable bonds is 3. The molecule has 1 aliphatic carbocycles. The Morgan fingerprint density at radius 2 is 1.85 bits per heavy atom. The lowest BCUT2D eigenvalue weighted by molar-refractivity contribution is -0.132. The number of hydrogen-bond acceptors (Lipinski definition) is 3. The van der Waals surface area contributed by atoms with Crippen LogP contribution in [0, 0.1) is 11.3 Å². The van der Waals surface area contributed by atoms with E-state index < -0.39 is 0 Å². The first kappa shape index (κ1) is 15.6. The van der Waals surface area contributed by atoms with E-state index in [-0.39, 0.29) is 42.1 Å². The van der Waals surface area contributed by atoms with Crippen molar-refractivity contribution in [2.24, 2.45) is 11.3 Å². The van der Waals surface area contributed by atoms with Crippen molar-refractivity contribution in [1.82, 2.24) is 15.5 Å². The average Bonchev–Trinajstić information content (AvgIpc) is 2.90. The fourth-order valence-corrected chi connectivity index (χ4v) is 3.56. The summed E-state index contributed by atoms with van der Waals surface area (Å²) in [6.07, 6.45) is 5.41. The summed E-state index contributed by atoms with van der Waals surface area (Å²) in [5.41, 5.74) is 0.256. The Kier molecular flexibility index (Phi) is 4.91. The highest BCUT2D eigenvalue weighted by molar-refractivity contribution is 5.88. The number of nitrogens with one attached hydrogen (secondary N) is 2. The highest BCUT2D eigenvalue weighted by atomic mass is 35.5. The summed E-state index contributed by atoms with van der Waals surface area (Å²) in [5, 5.41) is 6.18. The molecule has 114 valence electrons. The molecule has 1 spiro atoms. The molecule has 0 radical (unpaired) electrons. The first-order valence-electron chi connectivity index (χ1n) is 7.47. The fourth-order valence-electron chi connectivity index (χ4n) is 3.56. The molecule has 0 aromatic rings. The number of carbonyl (C=O) groups excluding carboxylic acids is 2. The fraction of sp³-hybridized carbons (Fsp3) is 0.857. The lowest BCUT2D eigenvalue weighted by atomic mass is 9.92. The Hall–Kier alpha value is -0.810. The molecule has 2 N–H and O–H groups in total. The maximum Gasteiger partial charge on any atom is 0.241 e. The molecule has 5 nitrogen and oxygen atoms in total. The van der Waals surface area contributed by atoms with E-state index in [4.69, 9.17) is 0 Å². The third kappa shape index (κ3) is 3.09. The van der Waals surface area contributed by atoms with Gasteiger partial charge in [0.05, 0.1) is 6.54 Å². The first-order valence-corrected chi connectivity index (χ1v) is 7.47. The van der Waals surface area contributed by atoms with Crippen LogP contribution in [0.15, 0.2) is 0 Å². The zero-order valence-corrected chi connectivity index (χ0v) is 12.6. The minimum Gasteiger partial charge on any atom is -0.347 e. The Labute approximate surface area is 126 Å². The predicted octanol–water partition coefficient (Wildman–Crippen LogP) is 0.536. The normalized spacial score (nSPS) is 27.0. The SMILES string of the molecule is Cl.O=C(NCC(=O)N1CCCC1)C1CC12CCNCC2. The zero-order valence-electron chi connectivity index (χ0n) is 11.8. The van der Waals surface area contributed by atoms with E-state index >= 15 is 0 Å². The molecule has 2 aliphatic heterocycles. The topological polar surface area (TPSA) is 61.4 Å². The number of likely N-dealkylation sites (tertiary alicyclic amines) is 1. The highest BCUT2D eigenvalue weighted by Gasteiger charge is 2.57. The maximum absolute atomic E-state index is 12.1. The molecule has 1 saturated carbocycles. The first-order chi connectivity index (χ1) is 9.21. The van der Waals surface area contributed by atoms with Crippen molar-refractivity contribution >= 4 is 24.2 Å². The lowest BCUT2D eigenvalue weighted by Crippen LogP contribution is -2.40. The van der Waals surface area contributed by atoms with E-state index in [0.717, 1.165) is 58.3 Å². The smallest absolute Gasteiger partial charge is 0.241 e. The van der Waals surface area contributed by atoms with Crippen LogP contribution < -0.4 is 10.6 Å². The van der Waals surface area contributed by atoms with Gasteiger partial charge in [-0.1, -0.05) is 0 Å². The van der Waals surface area contributed by atoms with E-state index in [2.05, 4.69) is 10.6 Å². The van der Waals surface area contributed by atoms with Crippen LogP contribution in [0.3, 0.4) is 0 Å². The van der Waals surface area contributed by atoms with E-state index in [1.165, 1.54) is 0 Å². The van der Waals surface area contributed by atoms with E-state index in [1.807, 2.05) is 4.90 Å². The van der Waals surface area contributed by atoms with Crippen LogP contribution in [0.25, 0.3) is 0 Å². The molecule has 0 bridgehead atoms. The molecule has 0 aromatic heterocycles. The molecule has 1 atom stereocenters. The van der Waals surface area contributed by atoms with Crippen LogP contribution in [-0.2, 0) is 9.59 Å². The number of nitrogens with zero attached hydrogens (tertiary/aromatic N) is 1. The second kappa shape index (κ2) is 6.31. The second-order valence-corrected chi connectivity index (χ2v) is 6.17. The molecule has 20 heavy (non-hydrogen) atoms. The summed E-state index contributed by atoms with van der Waals surface area (Å²) >= 11 is 0. The van der Waals surface area contributed by atoms with Gasteiger partial charge in [-0.15, -0.1) is 12.4 Å². The van der Waals surface area contributed by atoms with E-state index in [0.29, 0.717) is 0 Å². The molecular weight excluding hydrogens is 278 g/mol. The average molecular weight is 302 g/mol. The quantitative estimate of drug-likeness (QED) is 0.800. The summed E-state index contributed by atoms with van der Waals surface area (Å²) < 4.78 is 0. The molecule has 2 saturated heterocycles. The van der Waals surface area contributed by atoms with Crippen molar-refractivity contribution in [3.63, 3.8) is 0 Å². The van der Waals surface area contributed by atoms with Crippen LogP contribution in [-0.4, -0.2) is 49.4 Å². The van der Waals surface area contributed by atoms with Gasteiger partial charge in [0.1, 0.15) is 0 Å². The summed E-state index contributed by atoms with van der Waals surface area (Å²) in [5.74, 6) is 0.321. The Morgan fingerprint density at radius 3 is 2.50 bits per heavy atom. The van der Waals surface area contributed by atoms with Crippen molar-refractivity contribution in [2.75, 3.05) is 32.7 Å². The third-order valence-electron chi connectivity index (χ3n) is 4.98. The maximum atomic E-state index is 12.1. The number of hydrogen-bond donors (Lipinski definition) is 2. The van der Waals surface area contributed by atoms with Gasteiger partial charge in [-0.3, -0.25) is 9.59 Å². The third-order valence-corrected chi connectivity index (χ3v) is 4.98. The van der Waals surface area contributed by atoms with Gasteiger partial charge in [-0.05, 0) is 50.6 Å². The van der Waals surface area contributed by atoms with Crippen LogP contribution in [0.4, 0.5) is 0 Å². The van der Waals surface area contributed by atoms with Gasteiger partial charge in [0.15, 0.2) is 0 Å². The summed E-state index contributed by atoms with van der Waals surface area (Å²) in [4.78, 5) is 25.8. The number of piperidine rings is 1. The van der Waals surface area contributed by atoms with Crippen LogP contribution >= 0.6 is 12.4 Å². The molecule has 3 fully saturated rings. The van der Waals surface area contributed by atoms with Gasteiger partial charge < -0.3 is 15.5 Å². The summed E-state index contributed by atoms with van der Waals surface area (Å²) in [7, 11) is 0. The zero-order chi connectivity index (χ0) is 13.3. The number of carbonyl (C=O) groups is 2. The van der Waals surface area contributed by atoms with Crippen molar-refractivity contribution in [3.05, 3.63) is 0 Å². The molecule has 6 heteroatoms. The van der Waals surface area contributed by atoms with Crippen molar-refractivity contribution in [1.29, 1.82) is 0 Å². The number of amides is 2. The molecule has 2 amide bonds. The summed E-state index contributed by atoms with van der Waals surface area (Å²) in [6.45, 7) is 3.94. The molecule has 3 aliphatic rings. The minimum absolute atomic E-state index is 0. The standard InChI is InChI=1S/C14H23N3O2.ClH/c18-12(17-7-1-2-8-17)10-16-13(19)11-9-14(11)3-5-15-6-4-14;/h11,15H,1-10H2,(H,16,19);1H. The molecular formula is C14H24ClN3O2. The number of halogens is 1. The molecule has 0 aromatic carbocycles. The van der Waals surface area contributed by atoms with Gasteiger partial charge in [0, 0.05) is 19.0 Å². The van der Waals surface area contributed by atoms with Gasteiger partial charge >= 0.3 is 0 Å². The Bertz CT molecular complexity index is 377. The minimum atomic E-state index is 0.